The standard InChI is InChI=1S/C29H29NO3/c1-28(2)9-11-30-12-10-29(3,4)23-24(30)22(28)16-19-15-20(27(32)33-26(19)23)14-18-13-17-7-5-6-8-21(17)25(18)31/h5-8,14-16H,9-13H2,1-4H3/b18-14-. The minimum absolute atomic E-state index is 0.00328. The Hall–Kier alpha value is -3.14. The van der Waals surface area contributed by atoms with Crippen molar-refractivity contribution in [3.8, 4) is 0 Å². The summed E-state index contributed by atoms with van der Waals surface area (Å²) in [6.07, 6.45) is 4.42. The number of fused-ring (bicyclic) bond motifs is 3. The molecule has 1 aromatic heterocycles. The third-order valence-electron chi connectivity index (χ3n) is 8.02. The second kappa shape index (κ2) is 6.69. The lowest BCUT2D eigenvalue weighted by molar-refractivity contribution is 0.104. The summed E-state index contributed by atoms with van der Waals surface area (Å²) in [4.78, 5) is 28.5. The molecule has 0 atom stereocenters. The third kappa shape index (κ3) is 2.96. The molecule has 4 heteroatoms. The summed E-state index contributed by atoms with van der Waals surface area (Å²) in [5.41, 5.74) is 6.91. The normalized spacial score (nSPS) is 21.4. The van der Waals surface area contributed by atoms with Gasteiger partial charge in [-0.1, -0.05) is 52.0 Å². The van der Waals surface area contributed by atoms with Crippen LogP contribution < -0.4 is 10.5 Å². The molecule has 2 aromatic carbocycles. The van der Waals surface area contributed by atoms with E-state index in [1.54, 1.807) is 6.08 Å². The number of benzene rings is 2. The number of hydrogen-bond donors (Lipinski definition) is 0. The molecule has 0 amide bonds. The van der Waals surface area contributed by atoms with Gasteiger partial charge in [-0.2, -0.15) is 0 Å². The first-order valence-electron chi connectivity index (χ1n) is 11.9. The largest absolute Gasteiger partial charge is 0.422 e. The van der Waals surface area contributed by atoms with Crippen molar-refractivity contribution in [2.24, 2.45) is 0 Å². The van der Waals surface area contributed by atoms with Gasteiger partial charge in [0.1, 0.15) is 5.58 Å². The maximum Gasteiger partial charge on any atom is 0.343 e. The molecular weight excluding hydrogens is 410 g/mol. The van der Waals surface area contributed by atoms with Crippen LogP contribution in [-0.4, -0.2) is 18.9 Å². The molecule has 6 rings (SSSR count). The van der Waals surface area contributed by atoms with Crippen molar-refractivity contribution < 1.29 is 9.21 Å². The number of ketones is 1. The molecular formula is C29H29NO3. The summed E-state index contributed by atoms with van der Waals surface area (Å²) in [6, 6.07) is 11.8. The highest BCUT2D eigenvalue weighted by Crippen LogP contribution is 2.51. The number of Topliss-reactive ketones (excluding diaryl/α,β-unsaturated/α-hetero) is 1. The van der Waals surface area contributed by atoms with Gasteiger partial charge in [-0.3, -0.25) is 4.79 Å². The molecule has 33 heavy (non-hydrogen) atoms. The number of allylic oxidation sites excluding steroid dienone is 1. The molecule has 0 bridgehead atoms. The van der Waals surface area contributed by atoms with E-state index in [1.807, 2.05) is 30.3 Å². The Morgan fingerprint density at radius 3 is 2.45 bits per heavy atom. The predicted molar refractivity (Wildman–Crippen MR) is 132 cm³/mol. The van der Waals surface area contributed by atoms with Gasteiger partial charge in [0, 0.05) is 47.3 Å². The first-order valence-corrected chi connectivity index (χ1v) is 11.9. The van der Waals surface area contributed by atoms with E-state index in [-0.39, 0.29) is 22.2 Å². The van der Waals surface area contributed by atoms with Gasteiger partial charge in [0.15, 0.2) is 5.78 Å². The van der Waals surface area contributed by atoms with Crippen molar-refractivity contribution in [3.05, 3.63) is 80.2 Å². The van der Waals surface area contributed by atoms with Crippen molar-refractivity contribution in [3.63, 3.8) is 0 Å². The zero-order chi connectivity index (χ0) is 23.1. The number of anilines is 1. The molecule has 0 N–H and O–H groups in total. The Kier molecular flexibility index (Phi) is 4.15. The van der Waals surface area contributed by atoms with Gasteiger partial charge in [-0.05, 0) is 53.0 Å². The van der Waals surface area contributed by atoms with E-state index < -0.39 is 0 Å². The summed E-state index contributed by atoms with van der Waals surface area (Å²) in [5, 5.41) is 0.947. The van der Waals surface area contributed by atoms with E-state index in [0.717, 1.165) is 48.0 Å². The fourth-order valence-electron chi connectivity index (χ4n) is 5.93. The summed E-state index contributed by atoms with van der Waals surface area (Å²) >= 11 is 0. The maximum atomic E-state index is 13.1. The summed E-state index contributed by atoms with van der Waals surface area (Å²) in [7, 11) is 0. The molecule has 0 radical (unpaired) electrons. The molecule has 1 aliphatic carbocycles. The number of carbonyl (C=O) groups excluding carboxylic acids is 1. The van der Waals surface area contributed by atoms with Gasteiger partial charge >= 0.3 is 5.63 Å². The Morgan fingerprint density at radius 2 is 1.70 bits per heavy atom. The summed E-state index contributed by atoms with van der Waals surface area (Å²) < 4.78 is 6.05. The van der Waals surface area contributed by atoms with Gasteiger partial charge in [-0.25, -0.2) is 4.79 Å². The monoisotopic (exact) mass is 439 g/mol. The fourth-order valence-corrected chi connectivity index (χ4v) is 5.93. The average molecular weight is 440 g/mol. The van der Waals surface area contributed by atoms with Crippen LogP contribution in [0.5, 0.6) is 0 Å². The molecule has 4 nitrogen and oxygen atoms in total. The maximum absolute atomic E-state index is 13.1. The molecule has 168 valence electrons. The first kappa shape index (κ1) is 20.5. The molecule has 3 heterocycles. The van der Waals surface area contributed by atoms with Crippen molar-refractivity contribution in [2.45, 2.75) is 57.8 Å². The Morgan fingerprint density at radius 1 is 0.970 bits per heavy atom. The lowest BCUT2D eigenvalue weighted by atomic mass is 9.69. The van der Waals surface area contributed by atoms with Crippen LogP contribution in [0.15, 0.2) is 51.2 Å². The van der Waals surface area contributed by atoms with Crippen molar-refractivity contribution in [1.29, 1.82) is 0 Å². The first-order chi connectivity index (χ1) is 15.7. The van der Waals surface area contributed by atoms with Crippen molar-refractivity contribution >= 4 is 28.5 Å². The van der Waals surface area contributed by atoms with Gasteiger partial charge in [0.05, 0.1) is 5.56 Å². The molecule has 0 saturated carbocycles. The van der Waals surface area contributed by atoms with Crippen LogP contribution in [-0.2, 0) is 17.3 Å². The van der Waals surface area contributed by atoms with Crippen LogP contribution in [0.4, 0.5) is 5.69 Å². The van der Waals surface area contributed by atoms with Crippen LogP contribution in [0.25, 0.3) is 17.0 Å². The van der Waals surface area contributed by atoms with E-state index in [1.165, 1.54) is 11.3 Å². The number of rotatable bonds is 1. The number of nitrogens with zero attached hydrogens (tertiary/aromatic N) is 1. The van der Waals surface area contributed by atoms with E-state index in [2.05, 4.69) is 38.7 Å². The van der Waals surface area contributed by atoms with Crippen LogP contribution in [0.2, 0.25) is 0 Å². The van der Waals surface area contributed by atoms with Crippen molar-refractivity contribution in [1.82, 2.24) is 0 Å². The highest BCUT2D eigenvalue weighted by molar-refractivity contribution is 6.15. The minimum Gasteiger partial charge on any atom is -0.422 e. The molecule has 3 aromatic rings. The van der Waals surface area contributed by atoms with Gasteiger partial charge in [0.2, 0.25) is 0 Å². The second-order valence-electron chi connectivity index (χ2n) is 11.1. The van der Waals surface area contributed by atoms with E-state index >= 15 is 0 Å². The number of hydrogen-bond acceptors (Lipinski definition) is 4. The SMILES string of the molecule is CC1(C)CCN2CCC(C)(C)c3c2c1cc1cc(/C=C2/Cc4ccccc4C2=O)c(=O)oc31. The smallest absolute Gasteiger partial charge is 0.343 e. The quantitative estimate of drug-likeness (QED) is 0.356. The zero-order valence-electron chi connectivity index (χ0n) is 19.7. The predicted octanol–water partition coefficient (Wildman–Crippen LogP) is 5.78. The van der Waals surface area contributed by atoms with Crippen LogP contribution >= 0.6 is 0 Å². The highest BCUT2D eigenvalue weighted by atomic mass is 16.4. The molecule has 0 saturated heterocycles. The van der Waals surface area contributed by atoms with Crippen LogP contribution in [0.1, 0.15) is 73.1 Å². The third-order valence-corrected chi connectivity index (χ3v) is 8.02. The van der Waals surface area contributed by atoms with Gasteiger partial charge in [-0.15, -0.1) is 0 Å². The van der Waals surface area contributed by atoms with E-state index in [4.69, 9.17) is 4.42 Å². The topological polar surface area (TPSA) is 50.5 Å². The van der Waals surface area contributed by atoms with Gasteiger partial charge in [0.25, 0.3) is 0 Å². The summed E-state index contributed by atoms with van der Waals surface area (Å²) in [6.45, 7) is 11.2. The highest BCUT2D eigenvalue weighted by Gasteiger charge is 2.42. The molecule has 0 spiro atoms. The average Bonchev–Trinajstić information content (AvgIpc) is 3.08. The molecule has 3 aliphatic rings. The van der Waals surface area contributed by atoms with E-state index in [0.29, 0.717) is 23.1 Å². The lowest BCUT2D eigenvalue weighted by Gasteiger charge is -2.48. The Bertz CT molecular complexity index is 1440. The minimum atomic E-state index is -0.377. The fraction of sp³-hybridized carbons (Fsp3) is 0.379. The van der Waals surface area contributed by atoms with Crippen LogP contribution in [0.3, 0.4) is 0 Å². The zero-order valence-corrected chi connectivity index (χ0v) is 19.7. The van der Waals surface area contributed by atoms with Gasteiger partial charge < -0.3 is 9.32 Å². The Labute approximate surface area is 193 Å². The number of carbonyl (C=O) groups is 1. The van der Waals surface area contributed by atoms with E-state index in [9.17, 15) is 9.59 Å². The van der Waals surface area contributed by atoms with Crippen LogP contribution in [0, 0.1) is 0 Å². The molecule has 0 fully saturated rings. The molecule has 0 unspecified atom stereocenters. The Balaban J connectivity index is 1.57. The van der Waals surface area contributed by atoms with Crippen molar-refractivity contribution in [2.75, 3.05) is 18.0 Å². The lowest BCUT2D eigenvalue weighted by Crippen LogP contribution is -2.44. The second-order valence-corrected chi connectivity index (χ2v) is 11.1. The summed E-state index contributed by atoms with van der Waals surface area (Å²) in [5.74, 6) is 0.00328. The molecule has 2 aliphatic heterocycles.